The van der Waals surface area contributed by atoms with Gasteiger partial charge in [-0.05, 0) is 50.8 Å². The second-order valence-electron chi connectivity index (χ2n) is 7.36. The van der Waals surface area contributed by atoms with Crippen molar-refractivity contribution in [1.29, 1.82) is 0 Å². The van der Waals surface area contributed by atoms with Gasteiger partial charge >= 0.3 is 0 Å². The second kappa shape index (κ2) is 9.07. The van der Waals surface area contributed by atoms with Crippen LogP contribution in [0.1, 0.15) is 33.1 Å². The number of hydrogen-bond donors (Lipinski definition) is 1. The van der Waals surface area contributed by atoms with Gasteiger partial charge < -0.3 is 14.8 Å². The van der Waals surface area contributed by atoms with E-state index in [9.17, 15) is 13.2 Å². The predicted octanol–water partition coefficient (Wildman–Crippen LogP) is 2.79. The van der Waals surface area contributed by atoms with E-state index in [0.29, 0.717) is 44.2 Å². The van der Waals surface area contributed by atoms with Crippen LogP contribution < -0.4 is 10.1 Å². The molecule has 0 spiro atoms. The van der Waals surface area contributed by atoms with E-state index < -0.39 is 10.0 Å². The summed E-state index contributed by atoms with van der Waals surface area (Å²) < 4.78 is 38.3. The maximum atomic E-state index is 12.9. The van der Waals surface area contributed by atoms with E-state index in [-0.39, 0.29) is 22.8 Å². The molecule has 2 aliphatic rings. The van der Waals surface area contributed by atoms with Gasteiger partial charge in [-0.15, -0.1) is 0 Å². The summed E-state index contributed by atoms with van der Waals surface area (Å²) in [4.78, 5) is 12.6. The Bertz CT molecular complexity index is 829. The van der Waals surface area contributed by atoms with Crippen molar-refractivity contribution in [2.45, 2.75) is 44.1 Å². The van der Waals surface area contributed by atoms with Crippen LogP contribution in [-0.4, -0.2) is 51.0 Å². The molecule has 1 N–H and O–H groups in total. The number of ether oxygens (including phenoxy) is 2. The summed E-state index contributed by atoms with van der Waals surface area (Å²) in [5.74, 6) is 0.548. The molecule has 3 rings (SSSR count). The monoisotopic (exact) mass is 408 g/mol. The van der Waals surface area contributed by atoms with Crippen molar-refractivity contribution < 1.29 is 22.7 Å². The van der Waals surface area contributed by atoms with E-state index in [0.717, 1.165) is 12.8 Å². The molecule has 0 bridgehead atoms. The van der Waals surface area contributed by atoms with Gasteiger partial charge in [0.15, 0.2) is 0 Å². The molecule has 1 aromatic carbocycles. The van der Waals surface area contributed by atoms with E-state index >= 15 is 0 Å². The fourth-order valence-electron chi connectivity index (χ4n) is 3.36. The Morgan fingerprint density at radius 3 is 2.71 bits per heavy atom. The number of carbonyl (C=O) groups excluding carboxylic acids is 1. The maximum Gasteiger partial charge on any atom is 0.243 e. The molecule has 0 saturated carbocycles. The standard InChI is InChI=1S/C20H28N2O5S/c1-15(2)27-19-8-7-17(28(24,25)22-9-11-26-12-10-22)14-18(19)21-20(23)13-16-5-3-4-6-16/h3,5,7-8,14-16H,4,6,9-13H2,1-2H3,(H,21,23). The molecule has 0 aromatic heterocycles. The quantitative estimate of drug-likeness (QED) is 0.701. The number of nitrogens with one attached hydrogen (secondary N) is 1. The van der Waals surface area contributed by atoms with Crippen LogP contribution in [0.5, 0.6) is 5.75 Å². The van der Waals surface area contributed by atoms with Crippen LogP contribution in [-0.2, 0) is 19.6 Å². The first-order valence-corrected chi connectivity index (χ1v) is 11.2. The lowest BCUT2D eigenvalue weighted by atomic mass is 10.1. The maximum absolute atomic E-state index is 12.9. The molecule has 0 radical (unpaired) electrons. The largest absolute Gasteiger partial charge is 0.489 e. The van der Waals surface area contributed by atoms with Crippen LogP contribution in [0.3, 0.4) is 0 Å². The lowest BCUT2D eigenvalue weighted by Gasteiger charge is -2.26. The highest BCUT2D eigenvalue weighted by atomic mass is 32.2. The number of anilines is 1. The Kier molecular flexibility index (Phi) is 6.74. The Balaban J connectivity index is 1.83. The number of carbonyl (C=O) groups is 1. The van der Waals surface area contributed by atoms with Crippen molar-refractivity contribution >= 4 is 21.6 Å². The molecule has 1 amide bonds. The van der Waals surface area contributed by atoms with E-state index in [1.165, 1.54) is 16.4 Å². The third-order valence-electron chi connectivity index (χ3n) is 4.76. The van der Waals surface area contributed by atoms with E-state index in [2.05, 4.69) is 17.5 Å². The van der Waals surface area contributed by atoms with Crippen molar-refractivity contribution in [3.63, 3.8) is 0 Å². The minimum Gasteiger partial charge on any atom is -0.489 e. The van der Waals surface area contributed by atoms with Gasteiger partial charge in [-0.3, -0.25) is 4.79 Å². The van der Waals surface area contributed by atoms with Gasteiger partial charge in [0.1, 0.15) is 5.75 Å². The van der Waals surface area contributed by atoms with Gasteiger partial charge in [-0.1, -0.05) is 12.2 Å². The summed E-state index contributed by atoms with van der Waals surface area (Å²) in [5.41, 5.74) is 0.384. The van der Waals surface area contributed by atoms with Gasteiger partial charge in [-0.25, -0.2) is 8.42 Å². The highest BCUT2D eigenvalue weighted by Gasteiger charge is 2.27. The first-order chi connectivity index (χ1) is 13.4. The van der Waals surface area contributed by atoms with Crippen LogP contribution >= 0.6 is 0 Å². The van der Waals surface area contributed by atoms with Gasteiger partial charge in [-0.2, -0.15) is 4.31 Å². The Morgan fingerprint density at radius 1 is 1.32 bits per heavy atom. The van der Waals surface area contributed by atoms with Crippen LogP contribution in [0.4, 0.5) is 5.69 Å². The summed E-state index contributed by atoms with van der Waals surface area (Å²) in [5, 5.41) is 2.85. The van der Waals surface area contributed by atoms with Gasteiger partial charge in [0, 0.05) is 19.5 Å². The molecule has 1 fully saturated rings. The van der Waals surface area contributed by atoms with Crippen LogP contribution in [0, 0.1) is 5.92 Å². The second-order valence-corrected chi connectivity index (χ2v) is 9.30. The third kappa shape index (κ3) is 5.12. The molecule has 1 aliphatic heterocycles. The molecule has 1 aliphatic carbocycles. The van der Waals surface area contributed by atoms with Crippen LogP contribution in [0.25, 0.3) is 0 Å². The SMILES string of the molecule is CC(C)Oc1ccc(S(=O)(=O)N2CCOCC2)cc1NC(=O)CC1C=CCC1. The van der Waals surface area contributed by atoms with Crippen molar-refractivity contribution in [2.75, 3.05) is 31.6 Å². The predicted molar refractivity (Wildman–Crippen MR) is 107 cm³/mol. The Hall–Kier alpha value is -1.90. The molecular formula is C20H28N2O5S. The first kappa shape index (κ1) is 20.8. The van der Waals surface area contributed by atoms with Crippen molar-refractivity contribution in [2.24, 2.45) is 5.92 Å². The van der Waals surface area contributed by atoms with Gasteiger partial charge in [0.25, 0.3) is 0 Å². The Labute approximate surface area is 166 Å². The van der Waals surface area contributed by atoms with Crippen molar-refractivity contribution in [3.8, 4) is 5.75 Å². The molecule has 8 heteroatoms. The van der Waals surface area contributed by atoms with E-state index in [4.69, 9.17) is 9.47 Å². The third-order valence-corrected chi connectivity index (χ3v) is 6.65. The summed E-state index contributed by atoms with van der Waals surface area (Å²) >= 11 is 0. The molecule has 28 heavy (non-hydrogen) atoms. The van der Waals surface area contributed by atoms with Gasteiger partial charge in [0.05, 0.1) is 29.9 Å². The van der Waals surface area contributed by atoms with Crippen LogP contribution in [0.15, 0.2) is 35.2 Å². The minimum absolute atomic E-state index is 0.102. The van der Waals surface area contributed by atoms with Crippen LogP contribution in [0.2, 0.25) is 0 Å². The molecular weight excluding hydrogens is 380 g/mol. The average molecular weight is 409 g/mol. The van der Waals surface area contributed by atoms with E-state index in [1.807, 2.05) is 13.8 Å². The lowest BCUT2D eigenvalue weighted by molar-refractivity contribution is -0.116. The summed E-state index contributed by atoms with van der Waals surface area (Å²) in [6, 6.07) is 4.63. The number of sulfonamides is 1. The molecule has 1 unspecified atom stereocenters. The zero-order chi connectivity index (χ0) is 20.1. The normalized spacial score (nSPS) is 20.5. The molecule has 7 nitrogen and oxygen atoms in total. The number of hydrogen-bond acceptors (Lipinski definition) is 5. The molecule has 1 saturated heterocycles. The number of nitrogens with zero attached hydrogens (tertiary/aromatic N) is 1. The number of benzene rings is 1. The fraction of sp³-hybridized carbons (Fsp3) is 0.550. The van der Waals surface area contributed by atoms with E-state index in [1.54, 1.807) is 6.07 Å². The highest BCUT2D eigenvalue weighted by Crippen LogP contribution is 2.31. The zero-order valence-corrected chi connectivity index (χ0v) is 17.2. The number of rotatable bonds is 7. The van der Waals surface area contributed by atoms with Crippen molar-refractivity contribution in [1.82, 2.24) is 4.31 Å². The molecule has 1 aromatic rings. The number of morpholine rings is 1. The minimum atomic E-state index is -3.65. The smallest absolute Gasteiger partial charge is 0.243 e. The summed E-state index contributed by atoms with van der Waals surface area (Å²) in [6.07, 6.45) is 6.37. The summed E-state index contributed by atoms with van der Waals surface area (Å²) in [7, 11) is -3.65. The zero-order valence-electron chi connectivity index (χ0n) is 16.4. The fourth-order valence-corrected chi connectivity index (χ4v) is 4.80. The van der Waals surface area contributed by atoms with Gasteiger partial charge in [0.2, 0.25) is 15.9 Å². The number of amides is 1. The lowest BCUT2D eigenvalue weighted by Crippen LogP contribution is -2.40. The Morgan fingerprint density at radius 2 is 2.07 bits per heavy atom. The highest BCUT2D eigenvalue weighted by molar-refractivity contribution is 7.89. The van der Waals surface area contributed by atoms with Crippen molar-refractivity contribution in [3.05, 3.63) is 30.4 Å². The topological polar surface area (TPSA) is 84.9 Å². The summed E-state index contributed by atoms with van der Waals surface area (Å²) in [6.45, 7) is 5.17. The molecule has 1 atom stereocenters. The first-order valence-electron chi connectivity index (χ1n) is 9.71. The average Bonchev–Trinajstić information content (AvgIpc) is 3.16. The molecule has 154 valence electrons. The number of allylic oxidation sites excluding steroid dienone is 2. The molecule has 1 heterocycles.